The van der Waals surface area contributed by atoms with Crippen molar-refractivity contribution < 1.29 is 9.47 Å². The number of anilines is 1. The Morgan fingerprint density at radius 1 is 1.04 bits per heavy atom. The van der Waals surface area contributed by atoms with Gasteiger partial charge in [-0.25, -0.2) is 9.50 Å². The minimum absolute atomic E-state index is 0.279. The van der Waals surface area contributed by atoms with Gasteiger partial charge in [0.05, 0.1) is 24.2 Å². The first-order valence-electron chi connectivity index (χ1n) is 8.33. The van der Waals surface area contributed by atoms with Gasteiger partial charge in [0.2, 0.25) is 0 Å². The SMILES string of the molecule is Nc1cccc(-c2ccc3ncc(-c4cccc5c4COCO5)n3n2)c1. The number of benzene rings is 2. The van der Waals surface area contributed by atoms with Crippen LogP contribution in [0.1, 0.15) is 5.56 Å². The molecule has 0 saturated carbocycles. The minimum atomic E-state index is 0.279. The van der Waals surface area contributed by atoms with Crippen molar-refractivity contribution in [2.24, 2.45) is 0 Å². The van der Waals surface area contributed by atoms with Gasteiger partial charge in [0, 0.05) is 22.4 Å². The van der Waals surface area contributed by atoms with Gasteiger partial charge in [0.15, 0.2) is 12.4 Å². The molecular formula is C20H16N4O2. The molecule has 2 aromatic heterocycles. The van der Waals surface area contributed by atoms with E-state index in [0.717, 1.165) is 39.5 Å². The van der Waals surface area contributed by atoms with Crippen LogP contribution >= 0.6 is 0 Å². The molecule has 0 unspecified atom stereocenters. The topological polar surface area (TPSA) is 74.7 Å². The molecule has 1 aliphatic heterocycles. The Labute approximate surface area is 149 Å². The highest BCUT2D eigenvalue weighted by Gasteiger charge is 2.18. The highest BCUT2D eigenvalue weighted by Crippen LogP contribution is 2.34. The standard InChI is InChI=1S/C20H16N4O2/c21-14-4-1-3-13(9-14)17-7-8-20-22-10-18(24(20)23-17)15-5-2-6-19-16(15)11-25-12-26-19/h1-10H,11-12,21H2. The molecule has 128 valence electrons. The Morgan fingerprint density at radius 2 is 1.96 bits per heavy atom. The summed E-state index contributed by atoms with van der Waals surface area (Å²) in [7, 11) is 0. The maximum absolute atomic E-state index is 5.91. The Hall–Kier alpha value is -3.38. The molecule has 2 N–H and O–H groups in total. The number of rotatable bonds is 2. The number of nitrogen functional groups attached to an aromatic ring is 1. The molecule has 6 nitrogen and oxygen atoms in total. The number of hydrogen-bond donors (Lipinski definition) is 1. The van der Waals surface area contributed by atoms with Crippen LogP contribution in [0.3, 0.4) is 0 Å². The number of nitrogens with two attached hydrogens (primary N) is 1. The molecule has 2 aromatic carbocycles. The van der Waals surface area contributed by atoms with Crippen LogP contribution in [0.2, 0.25) is 0 Å². The van der Waals surface area contributed by atoms with E-state index in [2.05, 4.69) is 4.98 Å². The van der Waals surface area contributed by atoms with Crippen molar-refractivity contribution in [3.63, 3.8) is 0 Å². The second-order valence-corrected chi connectivity index (χ2v) is 6.15. The fourth-order valence-corrected chi connectivity index (χ4v) is 3.25. The lowest BCUT2D eigenvalue weighted by Crippen LogP contribution is -2.12. The molecule has 0 spiro atoms. The summed E-state index contributed by atoms with van der Waals surface area (Å²) in [5, 5.41) is 4.79. The molecule has 26 heavy (non-hydrogen) atoms. The summed E-state index contributed by atoms with van der Waals surface area (Å²) in [5.41, 5.74) is 12.1. The van der Waals surface area contributed by atoms with E-state index in [-0.39, 0.29) is 6.79 Å². The summed E-state index contributed by atoms with van der Waals surface area (Å²) in [6.07, 6.45) is 1.83. The van der Waals surface area contributed by atoms with Gasteiger partial charge in [-0.1, -0.05) is 24.3 Å². The Bertz CT molecular complexity index is 1120. The molecule has 0 radical (unpaired) electrons. The van der Waals surface area contributed by atoms with Crippen molar-refractivity contribution in [2.75, 3.05) is 12.5 Å². The van der Waals surface area contributed by atoms with Crippen LogP contribution < -0.4 is 10.5 Å². The van der Waals surface area contributed by atoms with Crippen LogP contribution in [0.4, 0.5) is 5.69 Å². The first-order valence-corrected chi connectivity index (χ1v) is 8.33. The van der Waals surface area contributed by atoms with Gasteiger partial charge < -0.3 is 15.2 Å². The maximum Gasteiger partial charge on any atom is 0.189 e. The maximum atomic E-state index is 5.91. The summed E-state index contributed by atoms with van der Waals surface area (Å²) >= 11 is 0. The van der Waals surface area contributed by atoms with Crippen molar-refractivity contribution in [3.05, 3.63) is 66.4 Å². The van der Waals surface area contributed by atoms with E-state index in [1.807, 2.05) is 65.3 Å². The van der Waals surface area contributed by atoms with E-state index in [9.17, 15) is 0 Å². The zero-order chi connectivity index (χ0) is 17.5. The molecule has 6 heteroatoms. The lowest BCUT2D eigenvalue weighted by Gasteiger charge is -2.20. The van der Waals surface area contributed by atoms with Gasteiger partial charge >= 0.3 is 0 Å². The zero-order valence-electron chi connectivity index (χ0n) is 13.9. The number of fused-ring (bicyclic) bond motifs is 2. The molecule has 0 saturated heterocycles. The monoisotopic (exact) mass is 344 g/mol. The van der Waals surface area contributed by atoms with Crippen molar-refractivity contribution in [1.82, 2.24) is 14.6 Å². The third-order valence-electron chi connectivity index (χ3n) is 4.50. The van der Waals surface area contributed by atoms with Crippen molar-refractivity contribution >= 4 is 11.3 Å². The average molecular weight is 344 g/mol. The summed E-state index contributed by atoms with van der Waals surface area (Å²) in [4.78, 5) is 4.49. The molecule has 0 fully saturated rings. The number of imidazole rings is 1. The summed E-state index contributed by atoms with van der Waals surface area (Å²) < 4.78 is 12.9. The van der Waals surface area contributed by atoms with Gasteiger partial charge in [-0.2, -0.15) is 5.10 Å². The third-order valence-corrected chi connectivity index (χ3v) is 4.50. The van der Waals surface area contributed by atoms with Crippen LogP contribution in [-0.2, 0) is 11.3 Å². The summed E-state index contributed by atoms with van der Waals surface area (Å²) in [6.45, 7) is 0.787. The van der Waals surface area contributed by atoms with Gasteiger partial charge in [0.25, 0.3) is 0 Å². The van der Waals surface area contributed by atoms with Crippen molar-refractivity contribution in [3.8, 4) is 28.3 Å². The van der Waals surface area contributed by atoms with Crippen LogP contribution in [-0.4, -0.2) is 21.4 Å². The lowest BCUT2D eigenvalue weighted by molar-refractivity contribution is -0.0160. The van der Waals surface area contributed by atoms with E-state index in [1.54, 1.807) is 0 Å². The fourth-order valence-electron chi connectivity index (χ4n) is 3.25. The predicted octanol–water partition coefficient (Wildman–Crippen LogP) is 3.51. The van der Waals surface area contributed by atoms with E-state index in [0.29, 0.717) is 12.3 Å². The Morgan fingerprint density at radius 3 is 2.88 bits per heavy atom. The molecule has 4 aromatic rings. The molecule has 0 amide bonds. The zero-order valence-corrected chi connectivity index (χ0v) is 13.9. The molecular weight excluding hydrogens is 328 g/mol. The number of aromatic nitrogens is 3. The average Bonchev–Trinajstić information content (AvgIpc) is 3.10. The third kappa shape index (κ3) is 2.39. The van der Waals surface area contributed by atoms with E-state index in [4.69, 9.17) is 20.3 Å². The number of ether oxygens (including phenoxy) is 2. The van der Waals surface area contributed by atoms with Gasteiger partial charge in [-0.15, -0.1) is 0 Å². The van der Waals surface area contributed by atoms with Crippen LogP contribution in [0.15, 0.2) is 60.8 Å². The van der Waals surface area contributed by atoms with Gasteiger partial charge in [0.1, 0.15) is 5.75 Å². The van der Waals surface area contributed by atoms with Crippen LogP contribution in [0.25, 0.3) is 28.2 Å². The van der Waals surface area contributed by atoms with Crippen LogP contribution in [0.5, 0.6) is 5.75 Å². The Kier molecular flexibility index (Phi) is 3.36. The normalized spacial score (nSPS) is 13.4. The molecule has 0 atom stereocenters. The predicted molar refractivity (Wildman–Crippen MR) is 98.6 cm³/mol. The minimum Gasteiger partial charge on any atom is -0.467 e. The molecule has 1 aliphatic rings. The first kappa shape index (κ1) is 14.9. The number of hydrogen-bond acceptors (Lipinski definition) is 5. The summed E-state index contributed by atoms with van der Waals surface area (Å²) in [6, 6.07) is 17.6. The Balaban J connectivity index is 1.69. The largest absolute Gasteiger partial charge is 0.467 e. The molecule has 3 heterocycles. The smallest absolute Gasteiger partial charge is 0.189 e. The highest BCUT2D eigenvalue weighted by molar-refractivity contribution is 5.71. The van der Waals surface area contributed by atoms with Crippen molar-refractivity contribution in [2.45, 2.75) is 6.61 Å². The van der Waals surface area contributed by atoms with Gasteiger partial charge in [-0.05, 0) is 30.3 Å². The molecule has 5 rings (SSSR count). The lowest BCUT2D eigenvalue weighted by atomic mass is 10.0. The number of nitrogens with zero attached hydrogens (tertiary/aromatic N) is 3. The van der Waals surface area contributed by atoms with E-state index < -0.39 is 0 Å². The molecule has 0 bridgehead atoms. The van der Waals surface area contributed by atoms with E-state index in [1.165, 1.54) is 0 Å². The fraction of sp³-hybridized carbons (Fsp3) is 0.100. The highest BCUT2D eigenvalue weighted by atomic mass is 16.7. The summed E-state index contributed by atoms with van der Waals surface area (Å²) in [5.74, 6) is 0.843. The van der Waals surface area contributed by atoms with E-state index >= 15 is 0 Å². The van der Waals surface area contributed by atoms with Crippen molar-refractivity contribution in [1.29, 1.82) is 0 Å². The van der Waals surface area contributed by atoms with Crippen LogP contribution in [0, 0.1) is 0 Å². The quantitative estimate of drug-likeness (QED) is 0.563. The second kappa shape index (κ2) is 5.86. The second-order valence-electron chi connectivity index (χ2n) is 6.15. The van der Waals surface area contributed by atoms with Gasteiger partial charge in [-0.3, -0.25) is 0 Å². The first-order chi connectivity index (χ1) is 12.8. The molecule has 0 aliphatic carbocycles.